The lowest BCUT2D eigenvalue weighted by Gasteiger charge is -2.32. The van der Waals surface area contributed by atoms with Gasteiger partial charge in [-0.15, -0.1) is 0 Å². The highest BCUT2D eigenvalue weighted by Gasteiger charge is 2.45. The lowest BCUT2D eigenvalue weighted by Crippen LogP contribution is -2.33. The first-order valence-corrected chi connectivity index (χ1v) is 8.83. The van der Waals surface area contributed by atoms with Crippen LogP contribution in [0.1, 0.15) is 51.4 Å². The van der Waals surface area contributed by atoms with Crippen LogP contribution >= 0.6 is 7.37 Å². The zero-order valence-corrected chi connectivity index (χ0v) is 12.2. The molecular formula is C15H23O3P. The number of rotatable bonds is 2. The summed E-state index contributed by atoms with van der Waals surface area (Å²) in [5, 5.41) is 9.70. The van der Waals surface area contributed by atoms with Crippen molar-refractivity contribution in [2.24, 2.45) is 0 Å². The number of hydrogen-bond donors (Lipinski definition) is 2. The Morgan fingerprint density at radius 2 is 1.37 bits per heavy atom. The van der Waals surface area contributed by atoms with Crippen LogP contribution in [-0.4, -0.2) is 15.3 Å². The highest BCUT2D eigenvalue weighted by molar-refractivity contribution is 7.67. The van der Waals surface area contributed by atoms with Crippen molar-refractivity contribution in [3.05, 3.63) is 30.3 Å². The Labute approximate surface area is 115 Å². The van der Waals surface area contributed by atoms with Crippen LogP contribution in [-0.2, 0) is 4.57 Å². The lowest BCUT2D eigenvalue weighted by atomic mass is 10.1. The minimum atomic E-state index is -3.74. The van der Waals surface area contributed by atoms with Gasteiger partial charge in [-0.2, -0.15) is 0 Å². The number of benzene rings is 1. The Hall–Kier alpha value is -0.630. The quantitative estimate of drug-likeness (QED) is 0.817. The highest BCUT2D eigenvalue weighted by atomic mass is 31.2. The molecule has 0 aliphatic heterocycles. The van der Waals surface area contributed by atoms with E-state index in [9.17, 15) is 14.6 Å². The third-order valence-electron chi connectivity index (χ3n) is 4.07. The van der Waals surface area contributed by atoms with E-state index < -0.39 is 12.7 Å². The summed E-state index contributed by atoms with van der Waals surface area (Å²) in [7, 11) is -3.74. The fourth-order valence-electron chi connectivity index (χ4n) is 2.82. The topological polar surface area (TPSA) is 57.5 Å². The molecule has 1 atom stereocenters. The molecule has 1 saturated carbocycles. The minimum Gasteiger partial charge on any atom is -0.379 e. The molecule has 0 bridgehead atoms. The molecule has 4 heteroatoms. The molecule has 3 nitrogen and oxygen atoms in total. The van der Waals surface area contributed by atoms with E-state index in [0.29, 0.717) is 18.1 Å². The van der Waals surface area contributed by atoms with Gasteiger partial charge in [0.25, 0.3) is 7.37 Å². The van der Waals surface area contributed by atoms with Gasteiger partial charge in [0, 0.05) is 5.30 Å². The van der Waals surface area contributed by atoms with Crippen LogP contribution in [0.2, 0.25) is 0 Å². The molecule has 19 heavy (non-hydrogen) atoms. The van der Waals surface area contributed by atoms with Crippen LogP contribution in [0.5, 0.6) is 0 Å². The Morgan fingerprint density at radius 3 is 1.89 bits per heavy atom. The molecule has 1 fully saturated rings. The van der Waals surface area contributed by atoms with E-state index in [1.807, 2.05) is 6.07 Å². The molecule has 0 amide bonds. The second-order valence-corrected chi connectivity index (χ2v) is 8.02. The predicted octanol–water partition coefficient (Wildman–Crippen LogP) is 3.41. The molecule has 0 radical (unpaired) electrons. The molecule has 2 N–H and O–H groups in total. The van der Waals surface area contributed by atoms with Gasteiger partial charge >= 0.3 is 0 Å². The zero-order chi connectivity index (χ0) is 13.8. The molecule has 2 rings (SSSR count). The van der Waals surface area contributed by atoms with Gasteiger partial charge in [-0.25, -0.2) is 0 Å². The fraction of sp³-hybridized carbons (Fsp3) is 0.600. The van der Waals surface area contributed by atoms with E-state index in [4.69, 9.17) is 0 Å². The van der Waals surface area contributed by atoms with Crippen molar-refractivity contribution in [2.45, 2.75) is 56.7 Å². The molecule has 1 aliphatic carbocycles. The molecule has 0 aromatic heterocycles. The first kappa shape index (κ1) is 14.8. The SMILES string of the molecule is O=P(O)(c1ccccc1)C1(O)CCCCCCCC1. The summed E-state index contributed by atoms with van der Waals surface area (Å²) in [6, 6.07) is 8.60. The van der Waals surface area contributed by atoms with E-state index in [1.165, 1.54) is 0 Å². The van der Waals surface area contributed by atoms with Crippen molar-refractivity contribution in [2.75, 3.05) is 0 Å². The van der Waals surface area contributed by atoms with Crippen molar-refractivity contribution in [1.29, 1.82) is 0 Å². The fourth-order valence-corrected chi connectivity index (χ4v) is 4.80. The molecule has 1 aliphatic rings. The van der Waals surface area contributed by atoms with Crippen LogP contribution < -0.4 is 5.30 Å². The van der Waals surface area contributed by atoms with E-state index in [-0.39, 0.29) is 0 Å². The van der Waals surface area contributed by atoms with Gasteiger partial charge in [-0.3, -0.25) is 4.57 Å². The van der Waals surface area contributed by atoms with Gasteiger partial charge in [-0.1, -0.05) is 43.9 Å². The number of hydrogen-bond acceptors (Lipinski definition) is 2. The zero-order valence-electron chi connectivity index (χ0n) is 11.3. The normalized spacial score (nSPS) is 23.7. The van der Waals surface area contributed by atoms with E-state index in [0.717, 1.165) is 38.5 Å². The molecule has 106 valence electrons. The Morgan fingerprint density at radius 1 is 0.895 bits per heavy atom. The van der Waals surface area contributed by atoms with Gasteiger partial charge < -0.3 is 10.00 Å². The summed E-state index contributed by atoms with van der Waals surface area (Å²) in [5.41, 5.74) is 0. The van der Waals surface area contributed by atoms with Crippen LogP contribution in [0, 0.1) is 0 Å². The molecule has 1 aromatic rings. The highest BCUT2D eigenvalue weighted by Crippen LogP contribution is 2.56. The van der Waals surface area contributed by atoms with Crippen molar-refractivity contribution in [1.82, 2.24) is 0 Å². The van der Waals surface area contributed by atoms with Gasteiger partial charge in [0.1, 0.15) is 5.34 Å². The van der Waals surface area contributed by atoms with Crippen molar-refractivity contribution < 1.29 is 14.6 Å². The predicted molar refractivity (Wildman–Crippen MR) is 77.8 cm³/mol. The third kappa shape index (κ3) is 3.28. The van der Waals surface area contributed by atoms with E-state index in [1.54, 1.807) is 24.3 Å². The molecule has 0 heterocycles. The van der Waals surface area contributed by atoms with Gasteiger partial charge in [0.15, 0.2) is 0 Å². The summed E-state index contributed by atoms with van der Waals surface area (Å²) in [5.74, 6) is 0. The maximum Gasteiger partial charge on any atom is 0.260 e. The second-order valence-electron chi connectivity index (χ2n) is 5.52. The Bertz CT molecular complexity index is 434. The molecular weight excluding hydrogens is 259 g/mol. The molecule has 0 saturated heterocycles. The largest absolute Gasteiger partial charge is 0.379 e. The minimum absolute atomic E-state index is 0.372. The second kappa shape index (κ2) is 6.21. The van der Waals surface area contributed by atoms with Crippen molar-refractivity contribution >= 4 is 12.7 Å². The van der Waals surface area contributed by atoms with Gasteiger partial charge in [-0.05, 0) is 37.8 Å². The lowest BCUT2D eigenvalue weighted by molar-refractivity contribution is 0.0893. The standard InChI is InChI=1S/C15H23O3P/c16-15(12-8-3-1-2-4-9-13-15)19(17,18)14-10-6-5-7-11-14/h5-7,10-11,16H,1-4,8-9,12-13H2,(H,17,18). The summed E-state index contributed by atoms with van der Waals surface area (Å²) in [6.07, 6.45) is 6.91. The van der Waals surface area contributed by atoms with Gasteiger partial charge in [0.05, 0.1) is 0 Å². The average Bonchev–Trinajstić information content (AvgIpc) is 2.53. The van der Waals surface area contributed by atoms with E-state index >= 15 is 0 Å². The molecule has 1 unspecified atom stereocenters. The Balaban J connectivity index is 2.27. The summed E-state index contributed by atoms with van der Waals surface area (Å²) >= 11 is 0. The summed E-state index contributed by atoms with van der Waals surface area (Å²) < 4.78 is 12.8. The summed E-state index contributed by atoms with van der Waals surface area (Å²) in [4.78, 5) is 10.5. The van der Waals surface area contributed by atoms with Crippen LogP contribution in [0.25, 0.3) is 0 Å². The Kier molecular flexibility index (Phi) is 4.83. The average molecular weight is 282 g/mol. The first-order chi connectivity index (χ1) is 9.06. The number of aliphatic hydroxyl groups is 1. The van der Waals surface area contributed by atoms with E-state index in [2.05, 4.69) is 0 Å². The first-order valence-electron chi connectivity index (χ1n) is 7.17. The monoisotopic (exact) mass is 282 g/mol. The van der Waals surface area contributed by atoms with Crippen molar-refractivity contribution in [3.63, 3.8) is 0 Å². The van der Waals surface area contributed by atoms with Gasteiger partial charge in [0.2, 0.25) is 0 Å². The maximum atomic E-state index is 12.8. The van der Waals surface area contributed by atoms with Crippen LogP contribution in [0.4, 0.5) is 0 Å². The van der Waals surface area contributed by atoms with Crippen LogP contribution in [0.3, 0.4) is 0 Å². The van der Waals surface area contributed by atoms with Crippen LogP contribution in [0.15, 0.2) is 30.3 Å². The maximum absolute atomic E-state index is 12.8. The third-order valence-corrected chi connectivity index (χ3v) is 6.65. The summed E-state index contributed by atoms with van der Waals surface area (Å²) in [6.45, 7) is 0. The molecule has 1 aromatic carbocycles. The smallest absolute Gasteiger partial charge is 0.260 e. The van der Waals surface area contributed by atoms with Crippen molar-refractivity contribution in [3.8, 4) is 0 Å². The molecule has 0 spiro atoms.